The Hall–Kier alpha value is -2.38. The van der Waals surface area contributed by atoms with Crippen molar-refractivity contribution >= 4 is 5.97 Å². The Morgan fingerprint density at radius 1 is 1.24 bits per heavy atom. The number of hydrogen-bond donors (Lipinski definition) is 1. The van der Waals surface area contributed by atoms with Gasteiger partial charge in [0.05, 0.1) is 13.2 Å². The predicted octanol–water partition coefficient (Wildman–Crippen LogP) is 3.87. The van der Waals surface area contributed by atoms with E-state index >= 15 is 0 Å². The van der Waals surface area contributed by atoms with E-state index in [-0.39, 0.29) is 11.3 Å². The number of oxazole rings is 1. The van der Waals surface area contributed by atoms with Gasteiger partial charge in [0.15, 0.2) is 5.89 Å². The average Bonchev–Trinajstić information content (AvgIpc) is 3.04. The topological polar surface area (TPSA) is 91.0 Å². The molecule has 0 bridgehead atoms. The van der Waals surface area contributed by atoms with E-state index in [0.29, 0.717) is 25.7 Å². The van der Waals surface area contributed by atoms with E-state index in [1.807, 2.05) is 31.2 Å². The molecule has 0 aliphatic carbocycles. The van der Waals surface area contributed by atoms with Gasteiger partial charge in [-0.3, -0.25) is 0 Å². The van der Waals surface area contributed by atoms with Gasteiger partial charge in [0, 0.05) is 18.3 Å². The molecule has 7 heteroatoms. The highest BCUT2D eigenvalue weighted by molar-refractivity contribution is 5.75. The minimum absolute atomic E-state index is 0.114. The normalized spacial score (nSPS) is 22.4. The van der Waals surface area contributed by atoms with Crippen LogP contribution < -0.4 is 4.74 Å². The van der Waals surface area contributed by atoms with Crippen molar-refractivity contribution in [3.8, 4) is 5.75 Å². The summed E-state index contributed by atoms with van der Waals surface area (Å²) in [6, 6.07) is 7.83. The number of ether oxygens (including phenoxy) is 3. The molecule has 29 heavy (non-hydrogen) atoms. The molecule has 1 N–H and O–H groups in total. The van der Waals surface area contributed by atoms with Crippen LogP contribution in [0.25, 0.3) is 0 Å². The molecule has 7 nitrogen and oxygen atoms in total. The van der Waals surface area contributed by atoms with Crippen LogP contribution in [-0.2, 0) is 32.7 Å². The molecule has 1 aliphatic heterocycles. The first-order valence-corrected chi connectivity index (χ1v) is 9.76. The van der Waals surface area contributed by atoms with Crippen LogP contribution in [0, 0.1) is 12.8 Å². The van der Waals surface area contributed by atoms with Gasteiger partial charge in [-0.2, -0.15) is 0 Å². The second kappa shape index (κ2) is 8.16. The van der Waals surface area contributed by atoms with E-state index in [1.165, 1.54) is 6.92 Å². The fourth-order valence-electron chi connectivity index (χ4n) is 2.97. The number of carboxylic acid groups (broad SMARTS) is 1. The first kappa shape index (κ1) is 21.3. The van der Waals surface area contributed by atoms with Gasteiger partial charge in [0.1, 0.15) is 23.8 Å². The highest BCUT2D eigenvalue weighted by atomic mass is 16.7. The maximum absolute atomic E-state index is 11.1. The lowest BCUT2D eigenvalue weighted by molar-refractivity contribution is -0.270. The van der Waals surface area contributed by atoms with Crippen LogP contribution in [0.4, 0.5) is 0 Å². The molecule has 0 unspecified atom stereocenters. The summed E-state index contributed by atoms with van der Waals surface area (Å²) in [7, 11) is 0. The molecule has 0 saturated carbocycles. The van der Waals surface area contributed by atoms with Crippen molar-refractivity contribution in [3.63, 3.8) is 0 Å². The van der Waals surface area contributed by atoms with Crippen molar-refractivity contribution in [2.24, 2.45) is 5.92 Å². The lowest BCUT2D eigenvalue weighted by atomic mass is 9.97. The van der Waals surface area contributed by atoms with Gasteiger partial charge in [0.25, 0.3) is 5.79 Å². The van der Waals surface area contributed by atoms with Gasteiger partial charge < -0.3 is 23.7 Å². The number of aromatic nitrogens is 1. The molecule has 1 fully saturated rings. The highest BCUT2D eigenvalue weighted by Gasteiger charge is 2.40. The Kier molecular flexibility index (Phi) is 6.00. The van der Waals surface area contributed by atoms with E-state index in [1.54, 1.807) is 0 Å². The SMILES string of the molecule is Cc1oc(C(C)(C)C)nc1COc1ccc(C[C@H]2CO[C@@](C)(C(=O)O)OC2)cc1. The zero-order chi connectivity index (χ0) is 21.2. The minimum atomic E-state index is -1.54. The molecule has 2 aromatic rings. The van der Waals surface area contributed by atoms with Crippen LogP contribution >= 0.6 is 0 Å². The van der Waals surface area contributed by atoms with E-state index in [4.69, 9.17) is 23.7 Å². The van der Waals surface area contributed by atoms with Crippen LogP contribution in [0.3, 0.4) is 0 Å². The monoisotopic (exact) mass is 403 g/mol. The third-order valence-corrected chi connectivity index (χ3v) is 4.93. The largest absolute Gasteiger partial charge is 0.487 e. The van der Waals surface area contributed by atoms with Gasteiger partial charge in [-0.05, 0) is 31.0 Å². The van der Waals surface area contributed by atoms with Crippen molar-refractivity contribution in [3.05, 3.63) is 47.2 Å². The number of carbonyl (C=O) groups is 1. The second-order valence-corrected chi connectivity index (χ2v) is 8.65. The molecule has 158 valence electrons. The van der Waals surface area contributed by atoms with E-state index in [2.05, 4.69) is 25.8 Å². The molecular weight excluding hydrogens is 374 g/mol. The van der Waals surface area contributed by atoms with Crippen LogP contribution in [-0.4, -0.2) is 35.1 Å². The van der Waals surface area contributed by atoms with Crippen LogP contribution in [0.2, 0.25) is 0 Å². The molecule has 0 radical (unpaired) electrons. The Morgan fingerprint density at radius 2 is 1.86 bits per heavy atom. The molecular formula is C22H29NO6. The highest BCUT2D eigenvalue weighted by Crippen LogP contribution is 2.26. The first-order valence-electron chi connectivity index (χ1n) is 9.76. The number of nitrogens with zero attached hydrogens (tertiary/aromatic N) is 1. The third-order valence-electron chi connectivity index (χ3n) is 4.93. The summed E-state index contributed by atoms with van der Waals surface area (Å²) in [5.41, 5.74) is 1.78. The summed E-state index contributed by atoms with van der Waals surface area (Å²) in [4.78, 5) is 15.7. The Labute approximate surface area is 171 Å². The maximum atomic E-state index is 11.1. The van der Waals surface area contributed by atoms with Crippen molar-refractivity contribution in [2.75, 3.05) is 13.2 Å². The molecule has 1 saturated heterocycles. The minimum Gasteiger partial charge on any atom is -0.487 e. The molecule has 0 amide bonds. The van der Waals surface area contributed by atoms with Crippen molar-refractivity contribution < 1.29 is 28.5 Å². The number of hydrogen-bond acceptors (Lipinski definition) is 6. The van der Waals surface area contributed by atoms with Gasteiger partial charge in [-0.1, -0.05) is 32.9 Å². The number of carboxylic acids is 1. The number of benzene rings is 1. The van der Waals surface area contributed by atoms with Crippen molar-refractivity contribution in [1.29, 1.82) is 0 Å². The molecule has 1 aliphatic rings. The fraction of sp³-hybridized carbons (Fsp3) is 0.545. The Bertz CT molecular complexity index is 841. The molecule has 0 atom stereocenters. The molecule has 0 spiro atoms. The zero-order valence-corrected chi connectivity index (χ0v) is 17.7. The number of rotatable bonds is 6. The standard InChI is InChI=1S/C22H29NO6/c1-14-18(23-19(29-14)21(2,3)4)13-26-17-8-6-15(7-9-17)10-16-11-27-22(5,20(24)25)28-12-16/h6-9,16H,10-13H2,1-5H3,(H,24,25)/t16-,22+. The Morgan fingerprint density at radius 3 is 2.38 bits per heavy atom. The summed E-state index contributed by atoms with van der Waals surface area (Å²) in [6.07, 6.45) is 0.743. The molecule has 1 aromatic heterocycles. The molecule has 1 aromatic carbocycles. The fourth-order valence-corrected chi connectivity index (χ4v) is 2.97. The third kappa shape index (κ3) is 5.16. The summed E-state index contributed by atoms with van der Waals surface area (Å²) < 4.78 is 22.4. The summed E-state index contributed by atoms with van der Waals surface area (Å²) in [5.74, 6) is -0.294. The average molecular weight is 403 g/mol. The molecule has 3 rings (SSSR count). The summed E-state index contributed by atoms with van der Waals surface area (Å²) >= 11 is 0. The van der Waals surface area contributed by atoms with Crippen LogP contribution in [0.5, 0.6) is 5.75 Å². The quantitative estimate of drug-likeness (QED) is 0.783. The lowest BCUT2D eigenvalue weighted by Gasteiger charge is -2.34. The van der Waals surface area contributed by atoms with E-state index in [9.17, 15) is 4.79 Å². The van der Waals surface area contributed by atoms with E-state index in [0.717, 1.165) is 29.2 Å². The smallest absolute Gasteiger partial charge is 0.364 e. The zero-order valence-electron chi connectivity index (χ0n) is 17.7. The predicted molar refractivity (Wildman–Crippen MR) is 106 cm³/mol. The van der Waals surface area contributed by atoms with E-state index < -0.39 is 11.8 Å². The van der Waals surface area contributed by atoms with Crippen molar-refractivity contribution in [1.82, 2.24) is 4.98 Å². The number of aliphatic carboxylic acids is 1. The van der Waals surface area contributed by atoms with Gasteiger partial charge in [0.2, 0.25) is 0 Å². The Balaban J connectivity index is 1.52. The van der Waals surface area contributed by atoms with Gasteiger partial charge in [-0.25, -0.2) is 9.78 Å². The lowest BCUT2D eigenvalue weighted by Crippen LogP contribution is -2.48. The maximum Gasteiger partial charge on any atom is 0.364 e. The molecule has 2 heterocycles. The first-order chi connectivity index (χ1) is 13.6. The van der Waals surface area contributed by atoms with Crippen molar-refractivity contribution in [2.45, 2.75) is 58.8 Å². The van der Waals surface area contributed by atoms with Crippen LogP contribution in [0.15, 0.2) is 28.7 Å². The second-order valence-electron chi connectivity index (χ2n) is 8.65. The van der Waals surface area contributed by atoms with Crippen LogP contribution in [0.1, 0.15) is 50.6 Å². The van der Waals surface area contributed by atoms with Gasteiger partial charge in [-0.15, -0.1) is 0 Å². The summed E-state index contributed by atoms with van der Waals surface area (Å²) in [5, 5.41) is 9.12. The number of aryl methyl sites for hydroxylation is 1. The summed E-state index contributed by atoms with van der Waals surface area (Å²) in [6.45, 7) is 10.6. The van der Waals surface area contributed by atoms with Gasteiger partial charge >= 0.3 is 5.97 Å².